The zero-order chi connectivity index (χ0) is 9.42. The Hall–Kier alpha value is -1.17. The fourth-order valence-corrected chi connectivity index (χ4v) is 1.63. The summed E-state index contributed by atoms with van der Waals surface area (Å²) in [6.07, 6.45) is 1.95. The number of aryl methyl sites for hydroxylation is 1. The standard InChI is InChI=1S/C7H10N4OS/c1-4-3-5(12)11-6(8-4)9-7(10-11)13-2/h3,7,10H,1-2H3,(H,8,9). The van der Waals surface area contributed by atoms with Gasteiger partial charge in [-0.05, 0) is 13.2 Å². The van der Waals surface area contributed by atoms with Crippen LogP contribution in [-0.2, 0) is 0 Å². The van der Waals surface area contributed by atoms with Crippen LogP contribution in [0.4, 0.5) is 5.95 Å². The van der Waals surface area contributed by atoms with E-state index in [9.17, 15) is 4.79 Å². The van der Waals surface area contributed by atoms with Crippen molar-refractivity contribution in [3.8, 4) is 0 Å². The molecule has 5 nitrogen and oxygen atoms in total. The number of nitrogens with zero attached hydrogens (tertiary/aromatic N) is 2. The van der Waals surface area contributed by atoms with Gasteiger partial charge in [0.05, 0.1) is 0 Å². The van der Waals surface area contributed by atoms with Gasteiger partial charge in [-0.15, -0.1) is 11.8 Å². The SMILES string of the molecule is CSC1Nc2nc(C)cc(=O)n2N1. The first-order valence-corrected chi connectivity index (χ1v) is 5.16. The van der Waals surface area contributed by atoms with E-state index in [4.69, 9.17) is 0 Å². The third kappa shape index (κ3) is 1.37. The summed E-state index contributed by atoms with van der Waals surface area (Å²) >= 11 is 1.58. The minimum atomic E-state index is -0.0773. The van der Waals surface area contributed by atoms with Gasteiger partial charge in [0.25, 0.3) is 5.56 Å². The van der Waals surface area contributed by atoms with Crippen molar-refractivity contribution in [2.75, 3.05) is 17.0 Å². The molecular weight excluding hydrogens is 188 g/mol. The first kappa shape index (κ1) is 8.43. The third-order valence-corrected chi connectivity index (χ3v) is 2.48. The molecule has 70 valence electrons. The van der Waals surface area contributed by atoms with E-state index in [0.29, 0.717) is 5.95 Å². The summed E-state index contributed by atoms with van der Waals surface area (Å²) in [7, 11) is 0. The van der Waals surface area contributed by atoms with Crippen LogP contribution >= 0.6 is 11.8 Å². The lowest BCUT2D eigenvalue weighted by Gasteiger charge is -2.05. The van der Waals surface area contributed by atoms with Gasteiger partial charge in [-0.2, -0.15) is 4.68 Å². The van der Waals surface area contributed by atoms with E-state index >= 15 is 0 Å². The normalized spacial score (nSPS) is 19.1. The monoisotopic (exact) mass is 198 g/mol. The lowest BCUT2D eigenvalue weighted by molar-refractivity contribution is 0.867. The lowest BCUT2D eigenvalue weighted by atomic mass is 10.4. The molecule has 0 amide bonds. The van der Waals surface area contributed by atoms with Gasteiger partial charge in [0, 0.05) is 11.8 Å². The van der Waals surface area contributed by atoms with Crippen LogP contribution in [0.5, 0.6) is 0 Å². The summed E-state index contributed by atoms with van der Waals surface area (Å²) in [4.78, 5) is 15.6. The predicted molar refractivity (Wildman–Crippen MR) is 53.5 cm³/mol. The molecule has 0 aromatic carbocycles. The van der Waals surface area contributed by atoms with E-state index in [1.807, 2.05) is 6.26 Å². The van der Waals surface area contributed by atoms with E-state index in [1.165, 1.54) is 10.7 Å². The third-order valence-electron chi connectivity index (χ3n) is 1.79. The number of thioether (sulfide) groups is 1. The molecule has 0 bridgehead atoms. The van der Waals surface area contributed by atoms with Gasteiger partial charge in [-0.3, -0.25) is 10.2 Å². The number of hydrogen-bond acceptors (Lipinski definition) is 5. The van der Waals surface area contributed by atoms with Crippen LogP contribution in [0.3, 0.4) is 0 Å². The molecule has 6 heteroatoms. The second-order valence-corrected chi connectivity index (χ2v) is 3.73. The molecule has 1 aliphatic heterocycles. The van der Waals surface area contributed by atoms with Gasteiger partial charge in [-0.1, -0.05) is 0 Å². The minimum absolute atomic E-state index is 0.0296. The van der Waals surface area contributed by atoms with Crippen LogP contribution in [0.2, 0.25) is 0 Å². The van der Waals surface area contributed by atoms with Gasteiger partial charge in [-0.25, -0.2) is 4.98 Å². The highest BCUT2D eigenvalue weighted by Crippen LogP contribution is 2.15. The Morgan fingerprint density at radius 2 is 2.46 bits per heavy atom. The van der Waals surface area contributed by atoms with Crippen LogP contribution in [0.25, 0.3) is 0 Å². The second-order valence-electron chi connectivity index (χ2n) is 2.78. The van der Waals surface area contributed by atoms with Gasteiger partial charge >= 0.3 is 0 Å². The molecule has 1 atom stereocenters. The number of nitrogens with one attached hydrogen (secondary N) is 2. The molecule has 1 aromatic heterocycles. The first-order chi connectivity index (χ1) is 6.20. The number of rotatable bonds is 1. The molecule has 0 aliphatic carbocycles. The van der Waals surface area contributed by atoms with Crippen LogP contribution in [0.15, 0.2) is 10.9 Å². The fraction of sp³-hybridized carbons (Fsp3) is 0.429. The molecule has 2 N–H and O–H groups in total. The van der Waals surface area contributed by atoms with Crippen molar-refractivity contribution in [1.82, 2.24) is 9.66 Å². The zero-order valence-electron chi connectivity index (χ0n) is 7.37. The van der Waals surface area contributed by atoms with Crippen molar-refractivity contribution < 1.29 is 0 Å². The minimum Gasteiger partial charge on any atom is -0.324 e. The van der Waals surface area contributed by atoms with Crippen molar-refractivity contribution in [3.63, 3.8) is 0 Å². The van der Waals surface area contributed by atoms with E-state index in [0.717, 1.165) is 5.69 Å². The van der Waals surface area contributed by atoms with Crippen LogP contribution in [0.1, 0.15) is 5.69 Å². The summed E-state index contributed by atoms with van der Waals surface area (Å²) in [6, 6.07) is 1.50. The molecule has 0 radical (unpaired) electrons. The summed E-state index contributed by atoms with van der Waals surface area (Å²) in [6.45, 7) is 1.80. The van der Waals surface area contributed by atoms with E-state index < -0.39 is 0 Å². The van der Waals surface area contributed by atoms with Crippen molar-refractivity contribution in [1.29, 1.82) is 0 Å². The van der Waals surface area contributed by atoms with Gasteiger partial charge in [0.1, 0.15) is 0 Å². The molecule has 0 fully saturated rings. The molecule has 1 aromatic rings. The number of hydrogen-bond donors (Lipinski definition) is 2. The van der Waals surface area contributed by atoms with Crippen molar-refractivity contribution in [2.24, 2.45) is 0 Å². The van der Waals surface area contributed by atoms with Crippen molar-refractivity contribution in [3.05, 3.63) is 22.1 Å². The Labute approximate surface area is 79.5 Å². The highest BCUT2D eigenvalue weighted by Gasteiger charge is 2.20. The van der Waals surface area contributed by atoms with Crippen molar-refractivity contribution >= 4 is 17.7 Å². The molecule has 1 aliphatic rings. The fourth-order valence-electron chi connectivity index (χ4n) is 1.20. The van der Waals surface area contributed by atoms with Gasteiger partial charge < -0.3 is 5.32 Å². The van der Waals surface area contributed by atoms with Gasteiger partial charge in [0.2, 0.25) is 5.95 Å². The summed E-state index contributed by atoms with van der Waals surface area (Å²) in [5, 5.41) is 3.07. The maximum absolute atomic E-state index is 11.4. The Balaban J connectivity index is 2.46. The molecule has 0 saturated heterocycles. The second kappa shape index (κ2) is 2.95. The Morgan fingerprint density at radius 1 is 1.69 bits per heavy atom. The van der Waals surface area contributed by atoms with E-state index in [2.05, 4.69) is 15.7 Å². The summed E-state index contributed by atoms with van der Waals surface area (Å²) in [5.74, 6) is 0.587. The highest BCUT2D eigenvalue weighted by atomic mass is 32.2. The van der Waals surface area contributed by atoms with Gasteiger partial charge in [0.15, 0.2) is 5.50 Å². The molecule has 0 saturated carbocycles. The quantitative estimate of drug-likeness (QED) is 0.673. The molecule has 1 unspecified atom stereocenters. The maximum Gasteiger partial charge on any atom is 0.273 e. The first-order valence-electron chi connectivity index (χ1n) is 3.87. The van der Waals surface area contributed by atoms with Crippen LogP contribution < -0.4 is 16.3 Å². The van der Waals surface area contributed by atoms with Crippen LogP contribution in [-0.4, -0.2) is 21.4 Å². The largest absolute Gasteiger partial charge is 0.324 e. The summed E-state index contributed by atoms with van der Waals surface area (Å²) < 4.78 is 1.42. The average molecular weight is 198 g/mol. The smallest absolute Gasteiger partial charge is 0.273 e. The number of aromatic nitrogens is 2. The average Bonchev–Trinajstić information content (AvgIpc) is 2.47. The molecule has 2 heterocycles. The Kier molecular flexibility index (Phi) is 1.91. The Bertz CT molecular complexity index is 389. The number of fused-ring (bicyclic) bond motifs is 1. The topological polar surface area (TPSA) is 59.0 Å². The number of anilines is 1. The predicted octanol–water partition coefficient (Wildman–Crippen LogP) is 0.167. The van der Waals surface area contributed by atoms with Crippen LogP contribution in [0, 0.1) is 6.92 Å². The van der Waals surface area contributed by atoms with Crippen molar-refractivity contribution in [2.45, 2.75) is 12.4 Å². The molecule has 13 heavy (non-hydrogen) atoms. The Morgan fingerprint density at radius 3 is 3.15 bits per heavy atom. The maximum atomic E-state index is 11.4. The lowest BCUT2D eigenvalue weighted by Crippen LogP contribution is -2.28. The highest BCUT2D eigenvalue weighted by molar-refractivity contribution is 7.99. The molecule has 2 rings (SSSR count). The zero-order valence-corrected chi connectivity index (χ0v) is 8.18. The van der Waals surface area contributed by atoms with E-state index in [-0.39, 0.29) is 11.1 Å². The molecular formula is C7H10N4OS. The summed E-state index contributed by atoms with van der Waals surface area (Å²) in [5.41, 5.74) is 3.65. The molecule has 0 spiro atoms. The van der Waals surface area contributed by atoms with E-state index in [1.54, 1.807) is 18.7 Å².